The lowest BCUT2D eigenvalue weighted by Gasteiger charge is -2.28. The van der Waals surface area contributed by atoms with Gasteiger partial charge < -0.3 is 14.6 Å². The Morgan fingerprint density at radius 1 is 1.10 bits per heavy atom. The number of unbranched alkanes of at least 4 members (excludes halogenated alkanes) is 2. The molecule has 0 aromatic heterocycles. The first-order valence-electron chi connectivity index (χ1n) is 11.0. The van der Waals surface area contributed by atoms with Crippen molar-refractivity contribution < 1.29 is 24.2 Å². The van der Waals surface area contributed by atoms with Crippen LogP contribution in [0.1, 0.15) is 43.7 Å². The molecule has 0 bridgehead atoms. The molecule has 2 amide bonds. The van der Waals surface area contributed by atoms with Crippen molar-refractivity contribution in [3.8, 4) is 0 Å². The maximum atomic E-state index is 13.4. The highest BCUT2D eigenvalue weighted by molar-refractivity contribution is 5.96. The van der Waals surface area contributed by atoms with Crippen molar-refractivity contribution in [2.75, 3.05) is 6.61 Å². The van der Waals surface area contributed by atoms with Gasteiger partial charge in [0.2, 0.25) is 0 Å². The van der Waals surface area contributed by atoms with Crippen LogP contribution in [0.3, 0.4) is 0 Å². The van der Waals surface area contributed by atoms with Crippen LogP contribution in [0, 0.1) is 0 Å². The zero-order valence-corrected chi connectivity index (χ0v) is 18.0. The number of rotatable bonds is 11. The second-order valence-corrected chi connectivity index (χ2v) is 7.91. The molecule has 0 spiro atoms. The maximum absolute atomic E-state index is 13.4. The molecule has 2 aromatic carbocycles. The lowest BCUT2D eigenvalue weighted by atomic mass is 10.0. The minimum atomic E-state index is -1.12. The molecule has 1 aliphatic rings. The predicted octanol–water partition coefficient (Wildman–Crippen LogP) is 4.10. The quantitative estimate of drug-likeness (QED) is 0.549. The van der Waals surface area contributed by atoms with Gasteiger partial charge in [0, 0.05) is 0 Å². The third-order valence-electron chi connectivity index (χ3n) is 5.48. The van der Waals surface area contributed by atoms with Crippen molar-refractivity contribution in [2.45, 2.75) is 63.9 Å². The smallest absolute Gasteiger partial charge is 0.417 e. The van der Waals surface area contributed by atoms with E-state index < -0.39 is 30.3 Å². The summed E-state index contributed by atoms with van der Waals surface area (Å²) in [7, 11) is 0. The number of carbonyl (C=O) groups excluding carboxylic acids is 2. The molecule has 3 rings (SSSR count). The lowest BCUT2D eigenvalue weighted by molar-refractivity contribution is -0.151. The van der Waals surface area contributed by atoms with Crippen molar-refractivity contribution in [1.82, 2.24) is 4.90 Å². The molecule has 1 saturated heterocycles. The van der Waals surface area contributed by atoms with Crippen LogP contribution in [0.25, 0.3) is 0 Å². The van der Waals surface area contributed by atoms with Crippen molar-refractivity contribution in [2.24, 2.45) is 0 Å². The lowest BCUT2D eigenvalue weighted by Crippen LogP contribution is -2.50. The van der Waals surface area contributed by atoms with Crippen molar-refractivity contribution in [3.63, 3.8) is 0 Å². The number of hydrogen-bond donors (Lipinski definition) is 1. The number of benzene rings is 2. The summed E-state index contributed by atoms with van der Waals surface area (Å²) in [5.74, 6) is -0.539. The standard InChI is InChI=1S/C25H31NO5/c1-2-3-6-15-22(27)23(30-17-20-13-9-5-10-14-20)24(28)26-21(18-31-25(26)29)16-19-11-7-4-8-12-19/h4-5,7-14,21-23,27H,2-3,6,15-18H2,1H3/t21-,22+,23-/m1/s1. The van der Waals surface area contributed by atoms with Gasteiger partial charge in [0.25, 0.3) is 5.91 Å². The van der Waals surface area contributed by atoms with E-state index in [4.69, 9.17) is 9.47 Å². The topological polar surface area (TPSA) is 76.1 Å². The minimum absolute atomic E-state index is 0.136. The zero-order chi connectivity index (χ0) is 22.1. The molecular weight excluding hydrogens is 394 g/mol. The molecule has 6 heteroatoms. The molecule has 1 fully saturated rings. The molecule has 0 unspecified atom stereocenters. The number of hydrogen-bond acceptors (Lipinski definition) is 5. The average molecular weight is 426 g/mol. The summed E-state index contributed by atoms with van der Waals surface area (Å²) in [6.07, 6.45) is 0.886. The first-order valence-corrected chi connectivity index (χ1v) is 11.0. The highest BCUT2D eigenvalue weighted by atomic mass is 16.6. The van der Waals surface area contributed by atoms with Crippen molar-refractivity contribution in [1.29, 1.82) is 0 Å². The maximum Gasteiger partial charge on any atom is 0.417 e. The van der Waals surface area contributed by atoms with Crippen molar-refractivity contribution in [3.05, 3.63) is 71.8 Å². The van der Waals surface area contributed by atoms with Crippen LogP contribution in [0.4, 0.5) is 4.79 Å². The van der Waals surface area contributed by atoms with E-state index in [0.29, 0.717) is 12.8 Å². The predicted molar refractivity (Wildman–Crippen MR) is 117 cm³/mol. The summed E-state index contributed by atoms with van der Waals surface area (Å²) in [5, 5.41) is 10.8. The molecule has 0 saturated carbocycles. The number of aliphatic hydroxyl groups is 1. The van der Waals surface area contributed by atoms with Gasteiger partial charge in [0.05, 0.1) is 18.8 Å². The summed E-state index contributed by atoms with van der Waals surface area (Å²) in [4.78, 5) is 26.9. The highest BCUT2D eigenvalue weighted by Crippen LogP contribution is 2.22. The third-order valence-corrected chi connectivity index (χ3v) is 5.48. The summed E-state index contributed by atoms with van der Waals surface area (Å²) >= 11 is 0. The molecule has 166 valence electrons. The van der Waals surface area contributed by atoms with Gasteiger partial charge in [-0.05, 0) is 24.0 Å². The number of imide groups is 1. The van der Waals surface area contributed by atoms with Crippen LogP contribution in [0.5, 0.6) is 0 Å². The van der Waals surface area contributed by atoms with Gasteiger partial charge in [-0.25, -0.2) is 9.69 Å². The second kappa shape index (κ2) is 11.6. The SMILES string of the molecule is CCCCC[C@H](O)[C@@H](OCc1ccccc1)C(=O)N1C(=O)OC[C@H]1Cc1ccccc1. The molecule has 2 aromatic rings. The van der Waals surface area contributed by atoms with Gasteiger partial charge in [-0.15, -0.1) is 0 Å². The van der Waals surface area contributed by atoms with E-state index >= 15 is 0 Å². The second-order valence-electron chi connectivity index (χ2n) is 7.91. The number of carbonyl (C=O) groups is 2. The van der Waals surface area contributed by atoms with Gasteiger partial charge in [0.1, 0.15) is 6.61 Å². The molecule has 1 aliphatic heterocycles. The first kappa shape index (κ1) is 23.0. The van der Waals surface area contributed by atoms with E-state index in [1.165, 1.54) is 0 Å². The van der Waals surface area contributed by atoms with Gasteiger partial charge in [-0.3, -0.25) is 4.79 Å². The first-order chi connectivity index (χ1) is 15.1. The van der Waals surface area contributed by atoms with Crippen LogP contribution < -0.4 is 0 Å². The fourth-order valence-corrected chi connectivity index (χ4v) is 3.77. The largest absolute Gasteiger partial charge is 0.447 e. The number of amides is 2. The Bertz CT molecular complexity index is 826. The van der Waals surface area contributed by atoms with Crippen LogP contribution in [-0.2, 0) is 27.3 Å². The molecule has 0 aliphatic carbocycles. The average Bonchev–Trinajstić information content (AvgIpc) is 3.15. The van der Waals surface area contributed by atoms with E-state index in [9.17, 15) is 14.7 Å². The summed E-state index contributed by atoms with van der Waals surface area (Å²) in [5.41, 5.74) is 1.90. The Morgan fingerprint density at radius 3 is 2.39 bits per heavy atom. The van der Waals surface area contributed by atoms with E-state index in [-0.39, 0.29) is 13.2 Å². The summed E-state index contributed by atoms with van der Waals surface area (Å²) in [6.45, 7) is 2.39. The third kappa shape index (κ3) is 6.39. The fraction of sp³-hybridized carbons (Fsp3) is 0.440. The van der Waals surface area contributed by atoms with Crippen LogP contribution in [0.15, 0.2) is 60.7 Å². The monoisotopic (exact) mass is 425 g/mol. The number of cyclic esters (lactones) is 1. The van der Waals surface area contributed by atoms with Gasteiger partial charge in [-0.1, -0.05) is 86.8 Å². The van der Waals surface area contributed by atoms with E-state index in [0.717, 1.165) is 35.3 Å². The van der Waals surface area contributed by atoms with E-state index in [1.807, 2.05) is 60.7 Å². The van der Waals surface area contributed by atoms with Gasteiger partial charge >= 0.3 is 6.09 Å². The Kier molecular flexibility index (Phi) is 8.62. The summed E-state index contributed by atoms with van der Waals surface area (Å²) in [6, 6.07) is 18.7. The Labute approximate surface area is 183 Å². The highest BCUT2D eigenvalue weighted by Gasteiger charge is 2.43. The number of nitrogens with zero attached hydrogens (tertiary/aromatic N) is 1. The molecule has 31 heavy (non-hydrogen) atoms. The Hall–Kier alpha value is -2.70. The molecule has 3 atom stereocenters. The van der Waals surface area contributed by atoms with E-state index in [1.54, 1.807) is 0 Å². The zero-order valence-electron chi connectivity index (χ0n) is 18.0. The molecule has 1 heterocycles. The molecular formula is C25H31NO5. The summed E-state index contributed by atoms with van der Waals surface area (Å²) < 4.78 is 11.1. The Balaban J connectivity index is 1.74. The fourth-order valence-electron chi connectivity index (χ4n) is 3.77. The number of aliphatic hydroxyl groups excluding tert-OH is 1. The van der Waals surface area contributed by atoms with Gasteiger partial charge in [0.15, 0.2) is 6.10 Å². The minimum Gasteiger partial charge on any atom is -0.447 e. The van der Waals surface area contributed by atoms with Gasteiger partial charge in [-0.2, -0.15) is 0 Å². The number of ether oxygens (including phenoxy) is 2. The molecule has 0 radical (unpaired) electrons. The normalized spacial score (nSPS) is 17.9. The van der Waals surface area contributed by atoms with Crippen LogP contribution in [-0.4, -0.2) is 46.9 Å². The Morgan fingerprint density at radius 2 is 1.74 bits per heavy atom. The molecule has 1 N–H and O–H groups in total. The molecule has 6 nitrogen and oxygen atoms in total. The van der Waals surface area contributed by atoms with E-state index in [2.05, 4.69) is 6.92 Å². The van der Waals surface area contributed by atoms with Crippen molar-refractivity contribution >= 4 is 12.0 Å². The van der Waals surface area contributed by atoms with Crippen LogP contribution in [0.2, 0.25) is 0 Å². The van der Waals surface area contributed by atoms with Crippen LogP contribution >= 0.6 is 0 Å².